The standard InChI is InChI=1S/C14H24N2O2/c1-11(12-7-8-12)15(2)14(18)10-16-9-5-3-4-6-13(16)17/h11-12H,3-10H2,1-2H3. The molecule has 0 aromatic rings. The van der Waals surface area contributed by atoms with E-state index in [4.69, 9.17) is 0 Å². The summed E-state index contributed by atoms with van der Waals surface area (Å²) in [5.74, 6) is 0.914. The van der Waals surface area contributed by atoms with Crippen molar-refractivity contribution in [3.63, 3.8) is 0 Å². The van der Waals surface area contributed by atoms with Gasteiger partial charge in [-0.05, 0) is 38.5 Å². The highest BCUT2D eigenvalue weighted by molar-refractivity contribution is 5.85. The van der Waals surface area contributed by atoms with Crippen LogP contribution in [-0.2, 0) is 9.59 Å². The Labute approximate surface area is 109 Å². The van der Waals surface area contributed by atoms with Crippen LogP contribution < -0.4 is 0 Å². The Bertz CT molecular complexity index is 326. The lowest BCUT2D eigenvalue weighted by atomic mass is 10.2. The fourth-order valence-electron chi connectivity index (χ4n) is 2.60. The van der Waals surface area contributed by atoms with Crippen molar-refractivity contribution in [2.45, 2.75) is 51.5 Å². The summed E-state index contributed by atoms with van der Waals surface area (Å²) in [4.78, 5) is 27.6. The lowest BCUT2D eigenvalue weighted by molar-refractivity contribution is -0.140. The van der Waals surface area contributed by atoms with Crippen LogP contribution in [0.15, 0.2) is 0 Å². The maximum atomic E-state index is 12.2. The van der Waals surface area contributed by atoms with E-state index in [-0.39, 0.29) is 18.4 Å². The van der Waals surface area contributed by atoms with Gasteiger partial charge in [-0.15, -0.1) is 0 Å². The molecule has 0 radical (unpaired) electrons. The monoisotopic (exact) mass is 252 g/mol. The minimum atomic E-state index is 0.0876. The van der Waals surface area contributed by atoms with Gasteiger partial charge in [-0.1, -0.05) is 6.42 Å². The second-order valence-electron chi connectivity index (χ2n) is 5.71. The van der Waals surface area contributed by atoms with Crippen molar-refractivity contribution in [2.24, 2.45) is 5.92 Å². The van der Waals surface area contributed by atoms with Crippen LogP contribution in [0.4, 0.5) is 0 Å². The number of amides is 2. The fourth-order valence-corrected chi connectivity index (χ4v) is 2.60. The van der Waals surface area contributed by atoms with E-state index >= 15 is 0 Å². The molecule has 0 aromatic heterocycles. The summed E-state index contributed by atoms with van der Waals surface area (Å²) in [5.41, 5.74) is 0. The van der Waals surface area contributed by atoms with Gasteiger partial charge < -0.3 is 9.80 Å². The summed E-state index contributed by atoms with van der Waals surface area (Å²) in [6.45, 7) is 3.13. The first-order valence-corrected chi connectivity index (χ1v) is 7.13. The summed E-state index contributed by atoms with van der Waals surface area (Å²) < 4.78 is 0. The third-order valence-electron chi connectivity index (χ3n) is 4.31. The van der Waals surface area contributed by atoms with Crippen LogP contribution in [0, 0.1) is 5.92 Å². The number of likely N-dealkylation sites (N-methyl/N-ethyl adjacent to an activating group) is 1. The first-order valence-electron chi connectivity index (χ1n) is 7.13. The van der Waals surface area contributed by atoms with Gasteiger partial charge in [0.2, 0.25) is 11.8 Å². The van der Waals surface area contributed by atoms with Gasteiger partial charge in [-0.25, -0.2) is 0 Å². The minimum absolute atomic E-state index is 0.0876. The van der Waals surface area contributed by atoms with Crippen LogP contribution in [0.2, 0.25) is 0 Å². The number of carbonyl (C=O) groups excluding carboxylic acids is 2. The third kappa shape index (κ3) is 3.24. The fraction of sp³-hybridized carbons (Fsp3) is 0.857. The molecule has 4 heteroatoms. The molecule has 0 N–H and O–H groups in total. The highest BCUT2D eigenvalue weighted by atomic mass is 16.2. The maximum Gasteiger partial charge on any atom is 0.242 e. The second-order valence-corrected chi connectivity index (χ2v) is 5.71. The summed E-state index contributed by atoms with van der Waals surface area (Å²) in [6.07, 6.45) is 6.18. The van der Waals surface area contributed by atoms with Crippen LogP contribution in [0.1, 0.15) is 45.4 Å². The molecule has 0 bridgehead atoms. The predicted octanol–water partition coefficient (Wildman–Crippen LogP) is 1.65. The SMILES string of the molecule is CC(C1CC1)N(C)C(=O)CN1CCCCCC1=O. The van der Waals surface area contributed by atoms with Crippen molar-refractivity contribution in [3.8, 4) is 0 Å². The lowest BCUT2D eigenvalue weighted by Crippen LogP contribution is -2.44. The first-order chi connectivity index (χ1) is 8.59. The van der Waals surface area contributed by atoms with E-state index in [9.17, 15) is 9.59 Å². The zero-order valence-corrected chi connectivity index (χ0v) is 11.5. The molecular weight excluding hydrogens is 228 g/mol. The molecule has 2 aliphatic rings. The molecule has 1 heterocycles. The quantitative estimate of drug-likeness (QED) is 0.763. The van der Waals surface area contributed by atoms with Crippen molar-refractivity contribution in [1.82, 2.24) is 9.80 Å². The average Bonchev–Trinajstić information content (AvgIpc) is 3.18. The highest BCUT2D eigenvalue weighted by Gasteiger charge is 2.33. The number of likely N-dealkylation sites (tertiary alicyclic amines) is 1. The molecule has 18 heavy (non-hydrogen) atoms. The van der Waals surface area contributed by atoms with Crippen molar-refractivity contribution in [2.75, 3.05) is 20.1 Å². The molecule has 2 rings (SSSR count). The van der Waals surface area contributed by atoms with Gasteiger partial charge in [0.05, 0.1) is 6.54 Å². The molecule has 1 saturated carbocycles. The van der Waals surface area contributed by atoms with E-state index in [1.165, 1.54) is 12.8 Å². The van der Waals surface area contributed by atoms with Gasteiger partial charge >= 0.3 is 0 Å². The van der Waals surface area contributed by atoms with Crippen LogP contribution in [0.25, 0.3) is 0 Å². The minimum Gasteiger partial charge on any atom is -0.341 e. The van der Waals surface area contributed by atoms with Gasteiger partial charge in [-0.3, -0.25) is 9.59 Å². The average molecular weight is 252 g/mol. The Morgan fingerprint density at radius 1 is 1.39 bits per heavy atom. The summed E-state index contributed by atoms with van der Waals surface area (Å²) in [5, 5.41) is 0. The van der Waals surface area contributed by atoms with E-state index < -0.39 is 0 Å². The van der Waals surface area contributed by atoms with Gasteiger partial charge in [0.25, 0.3) is 0 Å². The molecule has 0 spiro atoms. The Hall–Kier alpha value is -1.06. The Morgan fingerprint density at radius 3 is 2.78 bits per heavy atom. The number of carbonyl (C=O) groups is 2. The molecular formula is C14H24N2O2. The largest absolute Gasteiger partial charge is 0.341 e. The summed E-state index contributed by atoms with van der Waals surface area (Å²) in [7, 11) is 1.87. The molecule has 1 aliphatic carbocycles. The Balaban J connectivity index is 1.86. The first kappa shape index (κ1) is 13.4. The number of hydrogen-bond acceptors (Lipinski definition) is 2. The van der Waals surface area contributed by atoms with E-state index in [1.807, 2.05) is 11.9 Å². The van der Waals surface area contributed by atoms with Crippen molar-refractivity contribution < 1.29 is 9.59 Å². The molecule has 1 aliphatic heterocycles. The molecule has 4 nitrogen and oxygen atoms in total. The Kier molecular flexibility index (Phi) is 4.25. The van der Waals surface area contributed by atoms with Gasteiger partial charge in [0, 0.05) is 26.1 Å². The zero-order chi connectivity index (χ0) is 13.1. The zero-order valence-electron chi connectivity index (χ0n) is 11.5. The molecule has 1 saturated heterocycles. The van der Waals surface area contributed by atoms with Gasteiger partial charge in [0.15, 0.2) is 0 Å². The Morgan fingerprint density at radius 2 is 2.11 bits per heavy atom. The van der Waals surface area contributed by atoms with Gasteiger partial charge in [0.1, 0.15) is 0 Å². The van der Waals surface area contributed by atoms with Crippen molar-refractivity contribution >= 4 is 11.8 Å². The van der Waals surface area contributed by atoms with Crippen molar-refractivity contribution in [3.05, 3.63) is 0 Å². The predicted molar refractivity (Wildman–Crippen MR) is 70.0 cm³/mol. The maximum absolute atomic E-state index is 12.2. The summed E-state index contributed by atoms with van der Waals surface area (Å²) >= 11 is 0. The van der Waals surface area contributed by atoms with Crippen molar-refractivity contribution in [1.29, 1.82) is 0 Å². The number of rotatable bonds is 4. The van der Waals surface area contributed by atoms with Crippen LogP contribution in [0.3, 0.4) is 0 Å². The molecule has 2 fully saturated rings. The molecule has 1 atom stereocenters. The topological polar surface area (TPSA) is 40.6 Å². The third-order valence-corrected chi connectivity index (χ3v) is 4.31. The van der Waals surface area contributed by atoms with Gasteiger partial charge in [-0.2, -0.15) is 0 Å². The summed E-state index contributed by atoms with van der Waals surface area (Å²) in [6, 6.07) is 0.319. The van der Waals surface area contributed by atoms with Crippen LogP contribution >= 0.6 is 0 Å². The normalized spacial score (nSPS) is 22.6. The number of nitrogens with zero attached hydrogens (tertiary/aromatic N) is 2. The molecule has 102 valence electrons. The van der Waals surface area contributed by atoms with E-state index in [1.54, 1.807) is 4.90 Å². The van der Waals surface area contributed by atoms with Crippen LogP contribution in [0.5, 0.6) is 0 Å². The molecule has 0 aromatic carbocycles. The van der Waals surface area contributed by atoms with E-state index in [0.717, 1.165) is 25.8 Å². The number of hydrogen-bond donors (Lipinski definition) is 0. The second kappa shape index (κ2) is 5.72. The van der Waals surface area contributed by atoms with Crippen LogP contribution in [-0.4, -0.2) is 47.8 Å². The van der Waals surface area contributed by atoms with E-state index in [0.29, 0.717) is 18.4 Å². The molecule has 1 unspecified atom stereocenters. The smallest absolute Gasteiger partial charge is 0.242 e. The highest BCUT2D eigenvalue weighted by Crippen LogP contribution is 2.34. The van der Waals surface area contributed by atoms with E-state index in [2.05, 4.69) is 6.92 Å². The lowest BCUT2D eigenvalue weighted by Gasteiger charge is -2.28. The molecule has 2 amide bonds.